The van der Waals surface area contributed by atoms with Crippen molar-refractivity contribution in [2.24, 2.45) is 17.8 Å². The van der Waals surface area contributed by atoms with E-state index in [1.165, 1.54) is 0 Å². The highest BCUT2D eigenvalue weighted by atomic mass is 32.2. The van der Waals surface area contributed by atoms with Crippen LogP contribution in [0.4, 0.5) is 5.69 Å². The third-order valence-corrected chi connectivity index (χ3v) is 18.3. The van der Waals surface area contributed by atoms with Crippen molar-refractivity contribution >= 4 is 37.0 Å². The van der Waals surface area contributed by atoms with E-state index in [1.807, 2.05) is 199 Å². The molecular formula is C67H67N2O8S2+. The summed E-state index contributed by atoms with van der Waals surface area (Å²) < 4.78 is 93.0. The zero-order valence-electron chi connectivity index (χ0n) is 44.4. The molecule has 0 saturated carbocycles. The number of benzene rings is 8. The normalized spacial score (nSPS) is 14.4. The topological polar surface area (TPSA) is 138 Å². The van der Waals surface area contributed by atoms with E-state index in [4.69, 9.17) is 9.15 Å². The van der Waals surface area contributed by atoms with Crippen LogP contribution in [-0.4, -0.2) is 43.0 Å². The lowest BCUT2D eigenvalue weighted by atomic mass is 9.88. The fourth-order valence-corrected chi connectivity index (χ4v) is 13.6. The average Bonchev–Trinajstić information content (AvgIpc) is 4.13. The van der Waals surface area contributed by atoms with E-state index in [0.717, 1.165) is 55.7 Å². The summed E-state index contributed by atoms with van der Waals surface area (Å²) >= 11 is 0. The van der Waals surface area contributed by atoms with Crippen molar-refractivity contribution in [1.82, 2.24) is 0 Å². The van der Waals surface area contributed by atoms with E-state index < -0.39 is 42.6 Å². The van der Waals surface area contributed by atoms with Gasteiger partial charge in [-0.2, -0.15) is 21.4 Å². The van der Waals surface area contributed by atoms with Gasteiger partial charge < -0.3 is 14.1 Å². The third-order valence-electron chi connectivity index (χ3n) is 15.5. The highest BCUT2D eigenvalue weighted by Crippen LogP contribution is 2.43. The SMILES string of the molecule is CCC(C=C1Oc2ccc(-c3ccccc3)cc2N1CCC(C(Cc1ccccc1)Cc1ccccc1)S(=O)(=O)O)Cc1oc2ccc(-c3ccccc3)cc2[n+]1CCC(C(Cc1ccccc1)Cc1ccccc1)S(=O)(=O)O. The molecule has 1 aliphatic rings. The molecule has 0 bridgehead atoms. The van der Waals surface area contributed by atoms with Crippen LogP contribution in [0.25, 0.3) is 33.4 Å². The molecule has 3 unspecified atom stereocenters. The number of hydrogen-bond donors (Lipinski definition) is 2. The largest absolute Gasteiger partial charge is 0.439 e. The zero-order valence-corrected chi connectivity index (χ0v) is 46.0. The summed E-state index contributed by atoms with van der Waals surface area (Å²) in [7, 11) is -9.12. The number of hydrogen-bond acceptors (Lipinski definition) is 7. The lowest BCUT2D eigenvalue weighted by Crippen LogP contribution is -2.42. The summed E-state index contributed by atoms with van der Waals surface area (Å²) in [5.41, 5.74) is 10.1. The summed E-state index contributed by atoms with van der Waals surface area (Å²) in [5.74, 6) is 0.699. The Kier molecular flexibility index (Phi) is 17.3. The molecule has 0 amide bonds. The number of allylic oxidation sites excluding steroid dienone is 1. The predicted octanol–water partition coefficient (Wildman–Crippen LogP) is 13.9. The van der Waals surface area contributed by atoms with Crippen LogP contribution in [0.15, 0.2) is 235 Å². The summed E-state index contributed by atoms with van der Waals surface area (Å²) in [6.07, 6.45) is 5.15. The van der Waals surface area contributed by atoms with Gasteiger partial charge in [0.25, 0.3) is 25.8 Å². The Morgan fingerprint density at radius 1 is 0.506 bits per heavy atom. The molecule has 79 heavy (non-hydrogen) atoms. The second kappa shape index (κ2) is 25.0. The first-order valence-corrected chi connectivity index (χ1v) is 30.3. The van der Waals surface area contributed by atoms with Crippen LogP contribution < -0.4 is 14.2 Å². The smallest absolute Gasteiger partial charge is 0.348 e. The lowest BCUT2D eigenvalue weighted by Gasteiger charge is -2.28. The number of rotatable bonds is 24. The quantitative estimate of drug-likeness (QED) is 0.0447. The number of aryl methyl sites for hydroxylation is 1. The Bertz CT molecular complexity index is 3610. The second-order valence-corrected chi connectivity index (χ2v) is 24.1. The van der Waals surface area contributed by atoms with E-state index in [9.17, 15) is 25.9 Å². The van der Waals surface area contributed by atoms with Gasteiger partial charge in [0.15, 0.2) is 18.2 Å². The third kappa shape index (κ3) is 13.8. The Labute approximate surface area is 465 Å². The molecular weight excluding hydrogens is 1020 g/mol. The van der Waals surface area contributed by atoms with E-state index in [2.05, 4.69) is 41.8 Å². The van der Waals surface area contributed by atoms with Gasteiger partial charge >= 0.3 is 5.89 Å². The van der Waals surface area contributed by atoms with E-state index in [-0.39, 0.29) is 31.8 Å². The van der Waals surface area contributed by atoms with Crippen LogP contribution in [0.2, 0.25) is 0 Å². The van der Waals surface area contributed by atoms with Crippen LogP contribution >= 0.6 is 0 Å². The Hall–Kier alpha value is -7.61. The molecule has 1 aromatic heterocycles. The molecule has 0 fully saturated rings. The minimum Gasteiger partial charge on any atom is -0.439 e. The second-order valence-electron chi connectivity index (χ2n) is 20.8. The number of anilines is 1. The molecule has 0 aliphatic carbocycles. The van der Waals surface area contributed by atoms with Gasteiger partial charge in [0.05, 0.1) is 22.6 Å². The van der Waals surface area contributed by atoms with Gasteiger partial charge in [0, 0.05) is 19.0 Å². The number of aromatic nitrogens is 1. The van der Waals surface area contributed by atoms with Gasteiger partial charge in [-0.3, -0.25) is 9.11 Å². The summed E-state index contributed by atoms with van der Waals surface area (Å²) in [4.78, 5) is 2.04. The van der Waals surface area contributed by atoms with Gasteiger partial charge in [-0.15, -0.1) is 0 Å². The van der Waals surface area contributed by atoms with Gasteiger partial charge in [-0.25, -0.2) is 0 Å². The monoisotopic (exact) mass is 1090 g/mol. The molecule has 3 atom stereocenters. The summed E-state index contributed by atoms with van der Waals surface area (Å²) in [6.45, 7) is 2.55. The molecule has 2 heterocycles. The highest BCUT2D eigenvalue weighted by molar-refractivity contribution is 7.86. The van der Waals surface area contributed by atoms with Crippen LogP contribution in [0.3, 0.4) is 0 Å². The van der Waals surface area contributed by atoms with Crippen LogP contribution in [0, 0.1) is 17.8 Å². The van der Waals surface area contributed by atoms with E-state index in [1.54, 1.807) is 0 Å². The predicted molar refractivity (Wildman–Crippen MR) is 315 cm³/mol. The first kappa shape index (κ1) is 54.7. The summed E-state index contributed by atoms with van der Waals surface area (Å²) in [5, 5.41) is -2.22. The lowest BCUT2D eigenvalue weighted by molar-refractivity contribution is -0.685. The van der Waals surface area contributed by atoms with Crippen molar-refractivity contribution in [2.75, 3.05) is 11.4 Å². The van der Waals surface area contributed by atoms with Crippen molar-refractivity contribution < 1.29 is 39.7 Å². The van der Waals surface area contributed by atoms with Gasteiger partial charge in [-0.05, 0) is 125 Å². The minimum absolute atomic E-state index is 0.105. The molecule has 0 saturated heterocycles. The molecule has 2 N–H and O–H groups in total. The van der Waals surface area contributed by atoms with Crippen LogP contribution in [0.5, 0.6) is 5.75 Å². The van der Waals surface area contributed by atoms with Gasteiger partial charge in [0.2, 0.25) is 5.58 Å². The Morgan fingerprint density at radius 3 is 1.39 bits per heavy atom. The van der Waals surface area contributed by atoms with Gasteiger partial charge in [-0.1, -0.05) is 201 Å². The van der Waals surface area contributed by atoms with E-state index in [0.29, 0.717) is 61.6 Å². The molecule has 0 spiro atoms. The molecule has 10 rings (SSSR count). The van der Waals surface area contributed by atoms with Gasteiger partial charge in [0.1, 0.15) is 0 Å². The van der Waals surface area contributed by atoms with Crippen molar-refractivity contribution in [2.45, 2.75) is 75.3 Å². The van der Waals surface area contributed by atoms with Crippen molar-refractivity contribution in [3.63, 3.8) is 0 Å². The Balaban J connectivity index is 1.01. The minimum atomic E-state index is -4.56. The summed E-state index contributed by atoms with van der Waals surface area (Å²) in [6, 6.07) is 71.6. The molecule has 12 heteroatoms. The Morgan fingerprint density at radius 2 is 0.937 bits per heavy atom. The highest BCUT2D eigenvalue weighted by Gasteiger charge is 2.38. The van der Waals surface area contributed by atoms with Crippen molar-refractivity contribution in [3.8, 4) is 28.0 Å². The molecule has 404 valence electrons. The number of ether oxygens (including phenoxy) is 1. The maximum atomic E-state index is 13.7. The first-order chi connectivity index (χ1) is 38.4. The fraction of sp³-hybridized carbons (Fsp3) is 0.239. The number of oxazole rings is 1. The van der Waals surface area contributed by atoms with E-state index >= 15 is 0 Å². The van der Waals surface area contributed by atoms with Crippen LogP contribution in [0.1, 0.15) is 54.3 Å². The average molecular weight is 1090 g/mol. The molecule has 8 aromatic carbocycles. The standard InChI is InChI=1S/C67H66N2O8S2/c1-2-49(45-66-68(60-47-56(33-35-62(60)76-66)54-29-17-7-18-30-54)39-37-64(78(70,71)72)58(41-50-21-9-3-10-22-50)42-51-23-11-4-12-24-51)46-67-69(61-48-57(34-36-63(61)77-67)55-31-19-8-20-32-55)40-38-65(79(73,74)75)59(43-52-25-13-5-14-26-52)44-53-27-15-6-16-28-53/h3-36,45,47-49,58-59,64-65H,2,37-44,46H2,1H3,(H-,70,71,72,73,74,75)/p+1. The maximum Gasteiger partial charge on any atom is 0.348 e. The molecule has 10 nitrogen and oxygen atoms in total. The molecule has 1 aliphatic heterocycles. The first-order valence-electron chi connectivity index (χ1n) is 27.3. The van der Waals surface area contributed by atoms with Crippen LogP contribution in [-0.2, 0) is 58.9 Å². The molecule has 0 radical (unpaired) electrons. The maximum absolute atomic E-state index is 13.7. The number of nitrogens with zero attached hydrogens (tertiary/aromatic N) is 2. The number of fused-ring (bicyclic) bond motifs is 2. The molecule has 9 aromatic rings. The van der Waals surface area contributed by atoms with Crippen molar-refractivity contribution in [1.29, 1.82) is 0 Å². The fourth-order valence-electron chi connectivity index (χ4n) is 11.5. The van der Waals surface area contributed by atoms with Crippen molar-refractivity contribution in [3.05, 3.63) is 258 Å². The zero-order chi connectivity index (χ0) is 54.8.